The van der Waals surface area contributed by atoms with Gasteiger partial charge in [0.15, 0.2) is 0 Å². The molecule has 0 bridgehead atoms. The first-order valence-corrected chi connectivity index (χ1v) is 12.3. The fourth-order valence-electron chi connectivity index (χ4n) is 3.27. The second-order valence-electron chi connectivity index (χ2n) is 7.85. The van der Waals surface area contributed by atoms with Crippen LogP contribution in [0.4, 0.5) is 5.69 Å². The molecule has 1 unspecified atom stereocenters. The van der Waals surface area contributed by atoms with E-state index in [2.05, 4.69) is 5.32 Å². The molecule has 0 aromatic heterocycles. The van der Waals surface area contributed by atoms with E-state index < -0.39 is 15.9 Å². The molecule has 1 N–H and O–H groups in total. The Balaban J connectivity index is 1.76. The number of ether oxygens (including phenoxy) is 1. The molecule has 3 aromatic carbocycles. The zero-order valence-corrected chi connectivity index (χ0v) is 20.4. The number of hydrogen-bond acceptors (Lipinski definition) is 4. The van der Waals surface area contributed by atoms with Gasteiger partial charge in [0, 0.05) is 5.02 Å². The monoisotopic (exact) mass is 486 g/mol. The van der Waals surface area contributed by atoms with Crippen molar-refractivity contribution in [3.63, 3.8) is 0 Å². The van der Waals surface area contributed by atoms with Gasteiger partial charge in [0.2, 0.25) is 5.91 Å². The van der Waals surface area contributed by atoms with Crippen LogP contribution in [0.1, 0.15) is 18.1 Å². The van der Waals surface area contributed by atoms with Crippen molar-refractivity contribution in [2.45, 2.75) is 31.7 Å². The molecule has 0 radical (unpaired) electrons. The number of sulfonamides is 1. The van der Waals surface area contributed by atoms with Crippen LogP contribution in [-0.2, 0) is 14.8 Å². The van der Waals surface area contributed by atoms with Gasteiger partial charge in [-0.05, 0) is 68.8 Å². The second-order valence-corrected chi connectivity index (χ2v) is 10.1. The SMILES string of the molecule is Cc1ccc(OCC(C)NC(=O)CN(c2ccc(Cl)cc2C)S(=O)(=O)c2ccccc2)cc1. The van der Waals surface area contributed by atoms with Gasteiger partial charge in [0.05, 0.1) is 16.6 Å². The van der Waals surface area contributed by atoms with Crippen LogP contribution in [0, 0.1) is 13.8 Å². The van der Waals surface area contributed by atoms with E-state index in [1.165, 1.54) is 12.1 Å². The molecule has 33 heavy (non-hydrogen) atoms. The van der Waals surface area contributed by atoms with E-state index in [-0.39, 0.29) is 24.1 Å². The fraction of sp³-hybridized carbons (Fsp3) is 0.240. The highest BCUT2D eigenvalue weighted by Gasteiger charge is 2.28. The third-order valence-corrected chi connectivity index (χ3v) is 6.98. The Labute approximate surface area is 200 Å². The lowest BCUT2D eigenvalue weighted by atomic mass is 10.2. The standard InChI is InChI=1S/C25H27ClN2O4S/c1-18-9-12-22(13-10-18)32-17-20(3)27-25(29)16-28(24-14-11-21(26)15-19(24)2)33(30,31)23-7-5-4-6-8-23/h4-15,20H,16-17H2,1-3H3,(H,27,29). The number of benzene rings is 3. The minimum Gasteiger partial charge on any atom is -0.491 e. The summed E-state index contributed by atoms with van der Waals surface area (Å²) in [6.45, 7) is 5.42. The molecule has 0 fully saturated rings. The molecule has 0 saturated carbocycles. The third kappa shape index (κ3) is 6.49. The second kappa shape index (κ2) is 10.7. The van der Waals surface area contributed by atoms with Crippen LogP contribution < -0.4 is 14.4 Å². The van der Waals surface area contributed by atoms with Crippen molar-refractivity contribution < 1.29 is 17.9 Å². The molecule has 0 spiro atoms. The Morgan fingerprint density at radius 1 is 1.03 bits per heavy atom. The van der Waals surface area contributed by atoms with Gasteiger partial charge in [-0.1, -0.05) is 47.5 Å². The van der Waals surface area contributed by atoms with E-state index in [1.54, 1.807) is 50.2 Å². The predicted octanol–water partition coefficient (Wildman–Crippen LogP) is 4.74. The quantitative estimate of drug-likeness (QED) is 0.474. The molecule has 0 aliphatic carbocycles. The van der Waals surface area contributed by atoms with Crippen LogP contribution in [0.5, 0.6) is 5.75 Å². The van der Waals surface area contributed by atoms with Gasteiger partial charge in [0.25, 0.3) is 10.0 Å². The molecule has 0 aliphatic rings. The number of nitrogens with zero attached hydrogens (tertiary/aromatic N) is 1. The highest BCUT2D eigenvalue weighted by atomic mass is 35.5. The van der Waals surface area contributed by atoms with Gasteiger partial charge in [-0.15, -0.1) is 0 Å². The fourth-order valence-corrected chi connectivity index (χ4v) is 5.00. The van der Waals surface area contributed by atoms with Crippen molar-refractivity contribution in [1.82, 2.24) is 5.32 Å². The number of anilines is 1. The van der Waals surface area contributed by atoms with E-state index >= 15 is 0 Å². The lowest BCUT2D eigenvalue weighted by molar-refractivity contribution is -0.120. The number of amides is 1. The number of nitrogens with one attached hydrogen (secondary N) is 1. The first-order chi connectivity index (χ1) is 15.7. The average Bonchev–Trinajstić information content (AvgIpc) is 2.78. The molecule has 1 amide bonds. The zero-order chi connectivity index (χ0) is 24.0. The first kappa shape index (κ1) is 24.6. The number of carbonyl (C=O) groups excluding carboxylic acids is 1. The van der Waals surface area contributed by atoms with E-state index in [1.807, 2.05) is 31.2 Å². The molecule has 3 rings (SSSR count). The maximum absolute atomic E-state index is 13.4. The number of aryl methyl sites for hydroxylation is 2. The maximum Gasteiger partial charge on any atom is 0.264 e. The summed E-state index contributed by atoms with van der Waals surface area (Å²) < 4.78 is 33.7. The Kier molecular flexibility index (Phi) is 8.00. The van der Waals surface area contributed by atoms with Crippen molar-refractivity contribution in [1.29, 1.82) is 0 Å². The zero-order valence-electron chi connectivity index (χ0n) is 18.8. The van der Waals surface area contributed by atoms with Gasteiger partial charge in [0.1, 0.15) is 18.9 Å². The van der Waals surface area contributed by atoms with Crippen molar-refractivity contribution in [3.8, 4) is 5.75 Å². The van der Waals surface area contributed by atoms with E-state index in [0.717, 1.165) is 9.87 Å². The molecule has 0 saturated heterocycles. The summed E-state index contributed by atoms with van der Waals surface area (Å²) in [5, 5.41) is 3.31. The molecule has 1 atom stereocenters. The maximum atomic E-state index is 13.4. The molecule has 0 aliphatic heterocycles. The Morgan fingerprint density at radius 2 is 1.70 bits per heavy atom. The summed E-state index contributed by atoms with van der Waals surface area (Å²) >= 11 is 6.06. The van der Waals surface area contributed by atoms with Crippen LogP contribution in [0.25, 0.3) is 0 Å². The van der Waals surface area contributed by atoms with Crippen LogP contribution >= 0.6 is 11.6 Å². The highest BCUT2D eigenvalue weighted by molar-refractivity contribution is 7.92. The Morgan fingerprint density at radius 3 is 2.33 bits per heavy atom. The minimum absolute atomic E-state index is 0.0999. The van der Waals surface area contributed by atoms with Gasteiger partial charge in [-0.2, -0.15) is 0 Å². The van der Waals surface area contributed by atoms with E-state index in [0.29, 0.717) is 22.0 Å². The Hall–Kier alpha value is -3.03. The average molecular weight is 487 g/mol. The van der Waals surface area contributed by atoms with Crippen LogP contribution in [0.3, 0.4) is 0 Å². The molecule has 0 heterocycles. The Bertz CT molecular complexity index is 1200. The van der Waals surface area contributed by atoms with Gasteiger partial charge < -0.3 is 10.1 Å². The first-order valence-electron chi connectivity index (χ1n) is 10.5. The lowest BCUT2D eigenvalue weighted by Gasteiger charge is -2.26. The summed E-state index contributed by atoms with van der Waals surface area (Å²) in [7, 11) is -3.98. The largest absolute Gasteiger partial charge is 0.491 e. The van der Waals surface area contributed by atoms with Gasteiger partial charge in [-0.25, -0.2) is 8.42 Å². The smallest absolute Gasteiger partial charge is 0.264 e. The highest BCUT2D eigenvalue weighted by Crippen LogP contribution is 2.28. The summed E-state index contributed by atoms with van der Waals surface area (Å²) in [5.41, 5.74) is 2.16. The van der Waals surface area contributed by atoms with Crippen LogP contribution in [0.15, 0.2) is 77.7 Å². The molecular weight excluding hydrogens is 460 g/mol. The lowest BCUT2D eigenvalue weighted by Crippen LogP contribution is -2.45. The van der Waals surface area contributed by atoms with Crippen LogP contribution in [-0.4, -0.2) is 33.5 Å². The molecule has 6 nitrogen and oxygen atoms in total. The summed E-state index contributed by atoms with van der Waals surface area (Å²) in [5.74, 6) is 0.260. The summed E-state index contributed by atoms with van der Waals surface area (Å²) in [6.07, 6.45) is 0. The third-order valence-electron chi connectivity index (χ3n) is 4.97. The van der Waals surface area contributed by atoms with Crippen LogP contribution in [0.2, 0.25) is 5.02 Å². The molecule has 8 heteroatoms. The molecular formula is C25H27ClN2O4S. The number of rotatable bonds is 9. The van der Waals surface area contributed by atoms with Gasteiger partial charge >= 0.3 is 0 Å². The molecule has 174 valence electrons. The van der Waals surface area contributed by atoms with Crippen molar-refractivity contribution in [2.75, 3.05) is 17.5 Å². The van der Waals surface area contributed by atoms with Crippen molar-refractivity contribution in [2.24, 2.45) is 0 Å². The van der Waals surface area contributed by atoms with E-state index in [4.69, 9.17) is 16.3 Å². The summed E-state index contributed by atoms with van der Waals surface area (Å²) in [6, 6.07) is 20.2. The predicted molar refractivity (Wildman–Crippen MR) is 131 cm³/mol. The minimum atomic E-state index is -3.98. The number of carbonyl (C=O) groups is 1. The summed E-state index contributed by atoms with van der Waals surface area (Å²) in [4.78, 5) is 13.0. The molecule has 3 aromatic rings. The van der Waals surface area contributed by atoms with Gasteiger partial charge in [-0.3, -0.25) is 9.10 Å². The topological polar surface area (TPSA) is 75.7 Å². The van der Waals surface area contributed by atoms with Crippen molar-refractivity contribution in [3.05, 3.63) is 88.9 Å². The number of halogens is 1. The van der Waals surface area contributed by atoms with E-state index in [9.17, 15) is 13.2 Å². The van der Waals surface area contributed by atoms with Crippen molar-refractivity contribution >= 4 is 33.2 Å². The number of hydrogen-bond donors (Lipinski definition) is 1. The normalized spacial score (nSPS) is 12.1.